The van der Waals surface area contributed by atoms with Crippen LogP contribution in [0.3, 0.4) is 0 Å². The molecule has 48 heavy (non-hydrogen) atoms. The maximum Gasteiger partial charge on any atom is 0.136 e. The Morgan fingerprint density at radius 3 is 1.25 bits per heavy atom. The van der Waals surface area contributed by atoms with Crippen molar-refractivity contribution < 1.29 is 8.83 Å². The van der Waals surface area contributed by atoms with Crippen LogP contribution in [0.2, 0.25) is 0 Å². The molecule has 0 saturated heterocycles. The van der Waals surface area contributed by atoms with Gasteiger partial charge in [0.25, 0.3) is 0 Å². The molecule has 0 N–H and O–H groups in total. The molecule has 0 bridgehead atoms. The average Bonchev–Trinajstić information content (AvgIpc) is 3.69. The number of hydrogen-bond acceptors (Lipinski definition) is 2. The second kappa shape index (κ2) is 9.57. The summed E-state index contributed by atoms with van der Waals surface area (Å²) in [7, 11) is 0. The lowest BCUT2D eigenvalue weighted by atomic mass is 9.92. The van der Waals surface area contributed by atoms with E-state index < -0.39 is 0 Å². The lowest BCUT2D eigenvalue weighted by Gasteiger charge is -2.12. The summed E-state index contributed by atoms with van der Waals surface area (Å²) < 4.78 is 12.6. The standard InChI is InChI=1S/C46H26O2/c1-2-9-35-33(7-1)34-8-3-4-10-36(34)40-21-29(17-19-37(35)40)27-13-15-28(16-14-27)30-18-20-39-42-23-31-22-41-38-11-5-6-12-43(38)47-45(41)25-32(31)26-46(42)48-44(39)24-30/h1-26H. The van der Waals surface area contributed by atoms with Gasteiger partial charge in [-0.1, -0.05) is 109 Å². The highest BCUT2D eigenvalue weighted by atomic mass is 16.3. The Morgan fingerprint density at radius 2 is 0.625 bits per heavy atom. The minimum absolute atomic E-state index is 0.886. The quantitative estimate of drug-likeness (QED) is 0.182. The van der Waals surface area contributed by atoms with E-state index in [4.69, 9.17) is 8.83 Å². The van der Waals surface area contributed by atoms with E-state index in [0.29, 0.717) is 0 Å². The molecule has 11 aromatic rings. The van der Waals surface area contributed by atoms with Crippen LogP contribution in [-0.4, -0.2) is 0 Å². The highest BCUT2D eigenvalue weighted by Crippen LogP contribution is 2.40. The summed E-state index contributed by atoms with van der Waals surface area (Å²) in [5, 5.41) is 14.6. The molecule has 0 aliphatic heterocycles. The molecule has 2 nitrogen and oxygen atoms in total. The molecule has 222 valence electrons. The molecule has 0 unspecified atom stereocenters. The molecule has 0 aliphatic rings. The Labute approximate surface area is 275 Å². The Balaban J connectivity index is 0.983. The van der Waals surface area contributed by atoms with Gasteiger partial charge in [0, 0.05) is 21.5 Å². The molecule has 0 fully saturated rings. The first-order chi connectivity index (χ1) is 23.7. The van der Waals surface area contributed by atoms with E-state index >= 15 is 0 Å². The third-order valence-corrected chi connectivity index (χ3v) is 10.2. The monoisotopic (exact) mass is 610 g/mol. The Morgan fingerprint density at radius 1 is 0.229 bits per heavy atom. The van der Waals surface area contributed by atoms with E-state index in [2.05, 4.69) is 146 Å². The predicted molar refractivity (Wildman–Crippen MR) is 202 cm³/mol. The normalized spacial score (nSPS) is 12.2. The van der Waals surface area contributed by atoms with Gasteiger partial charge >= 0.3 is 0 Å². The molecule has 2 heteroatoms. The molecule has 0 radical (unpaired) electrons. The molecule has 11 rings (SSSR count). The summed E-state index contributed by atoms with van der Waals surface area (Å²) in [6.07, 6.45) is 0. The second-order valence-electron chi connectivity index (χ2n) is 12.9. The third-order valence-electron chi connectivity index (χ3n) is 10.2. The molecule has 0 saturated carbocycles. The van der Waals surface area contributed by atoms with Crippen molar-refractivity contribution in [3.05, 3.63) is 158 Å². The first-order valence-electron chi connectivity index (χ1n) is 16.4. The maximum absolute atomic E-state index is 6.46. The number of rotatable bonds is 2. The lowest BCUT2D eigenvalue weighted by Crippen LogP contribution is -1.85. The van der Waals surface area contributed by atoms with Crippen LogP contribution in [-0.2, 0) is 0 Å². The number of hydrogen-bond donors (Lipinski definition) is 0. The van der Waals surface area contributed by atoms with Gasteiger partial charge in [-0.15, -0.1) is 0 Å². The largest absolute Gasteiger partial charge is 0.456 e. The van der Waals surface area contributed by atoms with Gasteiger partial charge in [-0.2, -0.15) is 0 Å². The van der Waals surface area contributed by atoms with Crippen molar-refractivity contribution in [2.24, 2.45) is 0 Å². The van der Waals surface area contributed by atoms with Gasteiger partial charge in [0.05, 0.1) is 0 Å². The molecule has 0 amide bonds. The van der Waals surface area contributed by atoms with E-state index in [0.717, 1.165) is 60.4 Å². The second-order valence-corrected chi connectivity index (χ2v) is 12.9. The summed E-state index contributed by atoms with van der Waals surface area (Å²) in [6, 6.07) is 56.8. The smallest absolute Gasteiger partial charge is 0.136 e. The molecule has 0 atom stereocenters. The topological polar surface area (TPSA) is 26.3 Å². The minimum Gasteiger partial charge on any atom is -0.456 e. The molecule has 2 aromatic heterocycles. The van der Waals surface area contributed by atoms with E-state index in [1.54, 1.807) is 0 Å². The van der Waals surface area contributed by atoms with E-state index in [1.165, 1.54) is 48.8 Å². The van der Waals surface area contributed by atoms with Crippen molar-refractivity contribution in [1.29, 1.82) is 0 Å². The van der Waals surface area contributed by atoms with Crippen LogP contribution < -0.4 is 0 Å². The molecule has 0 spiro atoms. The van der Waals surface area contributed by atoms with Crippen LogP contribution in [0.5, 0.6) is 0 Å². The number of fused-ring (bicyclic) bond motifs is 13. The molecule has 9 aromatic carbocycles. The number of furan rings is 2. The van der Waals surface area contributed by atoms with Gasteiger partial charge < -0.3 is 8.83 Å². The molecule has 2 heterocycles. The number of benzene rings is 9. The van der Waals surface area contributed by atoms with Crippen molar-refractivity contribution in [1.82, 2.24) is 0 Å². The van der Waals surface area contributed by atoms with Crippen LogP contribution in [0.1, 0.15) is 0 Å². The van der Waals surface area contributed by atoms with Gasteiger partial charge in [0.2, 0.25) is 0 Å². The van der Waals surface area contributed by atoms with Crippen molar-refractivity contribution in [3.8, 4) is 22.3 Å². The SMILES string of the molecule is c1ccc2c(c1)oc1cc3cc4oc5cc(-c6ccc(-c7ccc8c9ccccc9c9ccccc9c8c7)cc6)ccc5c4cc3cc12. The van der Waals surface area contributed by atoms with Crippen molar-refractivity contribution in [2.45, 2.75) is 0 Å². The van der Waals surface area contributed by atoms with Crippen LogP contribution >= 0.6 is 0 Å². The molecular formula is C46H26O2. The summed E-state index contributed by atoms with van der Waals surface area (Å²) in [6.45, 7) is 0. The van der Waals surface area contributed by atoms with Gasteiger partial charge in [-0.3, -0.25) is 0 Å². The third kappa shape index (κ3) is 3.69. The maximum atomic E-state index is 6.46. The Kier molecular flexibility index (Phi) is 5.14. The van der Waals surface area contributed by atoms with Crippen molar-refractivity contribution in [2.75, 3.05) is 0 Å². The Hall–Kier alpha value is -6.38. The zero-order chi connectivity index (χ0) is 31.3. The fraction of sp³-hybridized carbons (Fsp3) is 0. The lowest BCUT2D eigenvalue weighted by molar-refractivity contribution is 0.668. The van der Waals surface area contributed by atoms with Gasteiger partial charge in [-0.05, 0) is 114 Å². The Bertz CT molecular complexity index is 3070. The summed E-state index contributed by atoms with van der Waals surface area (Å²) in [5.74, 6) is 0. The van der Waals surface area contributed by atoms with Crippen molar-refractivity contribution >= 4 is 87.0 Å². The van der Waals surface area contributed by atoms with Gasteiger partial charge in [-0.25, -0.2) is 0 Å². The fourth-order valence-electron chi connectivity index (χ4n) is 7.86. The average molecular weight is 611 g/mol. The van der Waals surface area contributed by atoms with Gasteiger partial charge in [0.1, 0.15) is 22.3 Å². The van der Waals surface area contributed by atoms with Crippen LogP contribution in [0.4, 0.5) is 0 Å². The fourth-order valence-corrected chi connectivity index (χ4v) is 7.86. The van der Waals surface area contributed by atoms with E-state index in [1.807, 2.05) is 12.1 Å². The zero-order valence-corrected chi connectivity index (χ0v) is 25.8. The predicted octanol–water partition coefficient (Wildman–Crippen LogP) is 13.4. The van der Waals surface area contributed by atoms with Crippen LogP contribution in [0.25, 0.3) is 109 Å². The summed E-state index contributed by atoms with van der Waals surface area (Å²) in [5.41, 5.74) is 8.31. The molecule has 0 aliphatic carbocycles. The first kappa shape index (κ1) is 25.8. The molecular weight excluding hydrogens is 585 g/mol. The van der Waals surface area contributed by atoms with Crippen LogP contribution in [0, 0.1) is 0 Å². The zero-order valence-electron chi connectivity index (χ0n) is 25.8. The van der Waals surface area contributed by atoms with Crippen LogP contribution in [0.15, 0.2) is 167 Å². The number of para-hydroxylation sites is 1. The summed E-state index contributed by atoms with van der Waals surface area (Å²) in [4.78, 5) is 0. The first-order valence-corrected chi connectivity index (χ1v) is 16.4. The van der Waals surface area contributed by atoms with E-state index in [9.17, 15) is 0 Å². The minimum atomic E-state index is 0.886. The highest BCUT2D eigenvalue weighted by molar-refractivity contribution is 6.25. The highest BCUT2D eigenvalue weighted by Gasteiger charge is 2.14. The summed E-state index contributed by atoms with van der Waals surface area (Å²) >= 11 is 0. The van der Waals surface area contributed by atoms with E-state index in [-0.39, 0.29) is 0 Å². The van der Waals surface area contributed by atoms with Crippen molar-refractivity contribution in [3.63, 3.8) is 0 Å². The van der Waals surface area contributed by atoms with Gasteiger partial charge in [0.15, 0.2) is 0 Å².